The van der Waals surface area contributed by atoms with Crippen LogP contribution in [-0.2, 0) is 16.4 Å². The number of anilines is 1. The van der Waals surface area contributed by atoms with Gasteiger partial charge in [-0.3, -0.25) is 4.40 Å². The van der Waals surface area contributed by atoms with Crippen molar-refractivity contribution in [3.63, 3.8) is 0 Å². The van der Waals surface area contributed by atoms with E-state index in [0.717, 1.165) is 55.2 Å². The first-order valence-electron chi connectivity index (χ1n) is 10.0. The molecular formula is C20H21N7O2S. The molecule has 2 aliphatic rings. The first-order valence-corrected chi connectivity index (χ1v) is 11.5. The Balaban J connectivity index is 1.38. The third-order valence-electron chi connectivity index (χ3n) is 5.87. The molecule has 1 fully saturated rings. The first-order chi connectivity index (χ1) is 14.5. The molecule has 0 amide bonds. The summed E-state index contributed by atoms with van der Waals surface area (Å²) in [6.07, 6.45) is 5.89. The van der Waals surface area contributed by atoms with E-state index in [1.807, 2.05) is 6.07 Å². The van der Waals surface area contributed by atoms with Gasteiger partial charge in [0.2, 0.25) is 10.0 Å². The number of fused-ring (bicyclic) bond motifs is 3. The summed E-state index contributed by atoms with van der Waals surface area (Å²) in [6.45, 7) is 0.844. The lowest BCUT2D eigenvalue weighted by atomic mass is 9.85. The predicted molar refractivity (Wildman–Crippen MR) is 109 cm³/mol. The standard InChI is InChI=1S/C20H21N7O2S/c21-11-13-4-6-16(7-5-13)30(28,29)26-15-3-1-2-14(10-15)20-25-24-18-12-23-19-17(27(18)20)8-9-22-19/h4-7,12,14-15,22,26H,1-3,8-10H2/t14-,15+/m0/s1. The van der Waals surface area contributed by atoms with Crippen LogP contribution in [0.4, 0.5) is 5.82 Å². The van der Waals surface area contributed by atoms with E-state index in [-0.39, 0.29) is 16.9 Å². The summed E-state index contributed by atoms with van der Waals surface area (Å²) in [6, 6.07) is 7.80. The summed E-state index contributed by atoms with van der Waals surface area (Å²) in [5.74, 6) is 1.88. The number of hydrogen-bond acceptors (Lipinski definition) is 7. The highest BCUT2D eigenvalue weighted by Gasteiger charge is 2.31. The van der Waals surface area contributed by atoms with Crippen LogP contribution in [0.15, 0.2) is 35.4 Å². The zero-order valence-electron chi connectivity index (χ0n) is 16.2. The number of sulfonamides is 1. The average Bonchev–Trinajstić information content (AvgIpc) is 3.40. The van der Waals surface area contributed by atoms with Crippen LogP contribution in [0.3, 0.4) is 0 Å². The molecule has 0 spiro atoms. The molecule has 2 aromatic heterocycles. The molecule has 1 aliphatic heterocycles. The number of nitrogens with one attached hydrogen (secondary N) is 2. The van der Waals surface area contributed by atoms with Crippen molar-refractivity contribution >= 4 is 21.5 Å². The Kier molecular flexibility index (Phi) is 4.64. The van der Waals surface area contributed by atoms with Crippen LogP contribution in [0.1, 0.15) is 48.7 Å². The summed E-state index contributed by atoms with van der Waals surface area (Å²) in [4.78, 5) is 4.58. The highest BCUT2D eigenvalue weighted by molar-refractivity contribution is 7.89. The smallest absolute Gasteiger partial charge is 0.240 e. The number of aromatic nitrogens is 4. The number of hydrogen-bond donors (Lipinski definition) is 2. The van der Waals surface area contributed by atoms with Crippen molar-refractivity contribution in [3.8, 4) is 6.07 Å². The molecule has 0 bridgehead atoms. The Morgan fingerprint density at radius 3 is 2.83 bits per heavy atom. The number of nitrogens with zero attached hydrogens (tertiary/aromatic N) is 5. The summed E-state index contributed by atoms with van der Waals surface area (Å²) >= 11 is 0. The molecule has 9 nitrogen and oxygen atoms in total. The Bertz CT molecular complexity index is 1240. The Morgan fingerprint density at radius 2 is 2.03 bits per heavy atom. The van der Waals surface area contributed by atoms with Crippen molar-refractivity contribution < 1.29 is 8.42 Å². The monoisotopic (exact) mass is 423 g/mol. The van der Waals surface area contributed by atoms with Gasteiger partial charge in [-0.25, -0.2) is 18.1 Å². The largest absolute Gasteiger partial charge is 0.368 e. The maximum atomic E-state index is 12.8. The van der Waals surface area contributed by atoms with Crippen LogP contribution in [0, 0.1) is 11.3 Å². The molecular weight excluding hydrogens is 402 g/mol. The van der Waals surface area contributed by atoms with Crippen LogP contribution in [-0.4, -0.2) is 40.6 Å². The highest BCUT2D eigenvalue weighted by Crippen LogP contribution is 2.34. The van der Waals surface area contributed by atoms with Gasteiger partial charge in [-0.15, -0.1) is 10.2 Å². The van der Waals surface area contributed by atoms with Gasteiger partial charge in [0.25, 0.3) is 0 Å². The normalized spacial score (nSPS) is 21.2. The first kappa shape index (κ1) is 19.0. The van der Waals surface area contributed by atoms with Crippen molar-refractivity contribution in [2.75, 3.05) is 11.9 Å². The molecule has 1 aromatic carbocycles. The van der Waals surface area contributed by atoms with E-state index in [1.165, 1.54) is 24.3 Å². The van der Waals surface area contributed by atoms with Gasteiger partial charge in [0.05, 0.1) is 28.4 Å². The van der Waals surface area contributed by atoms with E-state index in [1.54, 1.807) is 6.20 Å². The van der Waals surface area contributed by atoms with Crippen LogP contribution in [0.25, 0.3) is 5.65 Å². The molecule has 0 saturated heterocycles. The Hall–Kier alpha value is -3.03. The van der Waals surface area contributed by atoms with E-state index in [0.29, 0.717) is 12.0 Å². The van der Waals surface area contributed by atoms with Crippen LogP contribution >= 0.6 is 0 Å². The molecule has 2 atom stereocenters. The van der Waals surface area contributed by atoms with Gasteiger partial charge in [0.15, 0.2) is 5.65 Å². The van der Waals surface area contributed by atoms with Gasteiger partial charge in [-0.2, -0.15) is 5.26 Å². The fourth-order valence-electron chi connectivity index (χ4n) is 4.44. The fraction of sp³-hybridized carbons (Fsp3) is 0.400. The number of nitriles is 1. The van der Waals surface area contributed by atoms with Gasteiger partial charge in [0.1, 0.15) is 11.6 Å². The average molecular weight is 424 g/mol. The van der Waals surface area contributed by atoms with E-state index in [4.69, 9.17) is 5.26 Å². The number of benzene rings is 1. The van der Waals surface area contributed by atoms with Crippen molar-refractivity contribution in [2.45, 2.75) is 49.0 Å². The second-order valence-electron chi connectivity index (χ2n) is 7.80. The number of rotatable bonds is 4. The lowest BCUT2D eigenvalue weighted by Gasteiger charge is -2.29. The van der Waals surface area contributed by atoms with Gasteiger partial charge in [0, 0.05) is 24.9 Å². The third-order valence-corrected chi connectivity index (χ3v) is 7.41. The molecule has 0 radical (unpaired) electrons. The Labute approximate surface area is 174 Å². The zero-order valence-corrected chi connectivity index (χ0v) is 17.1. The molecule has 3 aromatic rings. The van der Waals surface area contributed by atoms with Crippen molar-refractivity contribution in [1.82, 2.24) is 24.3 Å². The van der Waals surface area contributed by atoms with Crippen molar-refractivity contribution in [2.24, 2.45) is 0 Å². The minimum Gasteiger partial charge on any atom is -0.368 e. The minimum atomic E-state index is -3.65. The van der Waals surface area contributed by atoms with Gasteiger partial charge < -0.3 is 5.32 Å². The third kappa shape index (κ3) is 3.30. The van der Waals surface area contributed by atoms with Gasteiger partial charge >= 0.3 is 0 Å². The van der Waals surface area contributed by atoms with Crippen molar-refractivity contribution in [1.29, 1.82) is 5.26 Å². The van der Waals surface area contributed by atoms with Crippen LogP contribution in [0.5, 0.6) is 0 Å². The lowest BCUT2D eigenvalue weighted by Crippen LogP contribution is -2.38. The molecule has 0 unspecified atom stereocenters. The molecule has 2 N–H and O–H groups in total. The topological polar surface area (TPSA) is 125 Å². The van der Waals surface area contributed by atoms with Gasteiger partial charge in [-0.05, 0) is 43.5 Å². The fourth-order valence-corrected chi connectivity index (χ4v) is 5.72. The minimum absolute atomic E-state index is 0.120. The maximum absolute atomic E-state index is 12.8. The van der Waals surface area contributed by atoms with E-state index < -0.39 is 10.0 Å². The van der Waals surface area contributed by atoms with E-state index in [9.17, 15) is 8.42 Å². The SMILES string of the molecule is N#Cc1ccc(S(=O)(=O)N[C@@H]2CCC[C@H](c3nnc4cnc5c(n34)CCN5)C2)cc1. The molecule has 3 heterocycles. The summed E-state index contributed by atoms with van der Waals surface area (Å²) in [5.41, 5.74) is 2.25. The molecule has 10 heteroatoms. The molecule has 1 aliphatic carbocycles. The molecule has 154 valence electrons. The lowest BCUT2D eigenvalue weighted by molar-refractivity contribution is 0.360. The summed E-state index contributed by atoms with van der Waals surface area (Å²) < 4.78 is 30.6. The summed E-state index contributed by atoms with van der Waals surface area (Å²) in [5, 5.41) is 20.9. The zero-order chi connectivity index (χ0) is 20.7. The second-order valence-corrected chi connectivity index (χ2v) is 9.51. The van der Waals surface area contributed by atoms with Crippen LogP contribution in [0.2, 0.25) is 0 Å². The molecule has 1 saturated carbocycles. The molecule has 5 rings (SSSR count). The van der Waals surface area contributed by atoms with Crippen LogP contribution < -0.4 is 10.0 Å². The Morgan fingerprint density at radius 1 is 1.20 bits per heavy atom. The van der Waals surface area contributed by atoms with Gasteiger partial charge in [-0.1, -0.05) is 6.42 Å². The predicted octanol–water partition coefficient (Wildman–Crippen LogP) is 1.97. The maximum Gasteiger partial charge on any atom is 0.240 e. The second kappa shape index (κ2) is 7.34. The van der Waals surface area contributed by atoms with Crippen molar-refractivity contribution in [3.05, 3.63) is 47.5 Å². The van der Waals surface area contributed by atoms with E-state index >= 15 is 0 Å². The quantitative estimate of drug-likeness (QED) is 0.657. The van der Waals surface area contributed by atoms with E-state index in [2.05, 4.69) is 29.6 Å². The molecule has 30 heavy (non-hydrogen) atoms. The summed E-state index contributed by atoms with van der Waals surface area (Å²) in [7, 11) is -3.65. The highest BCUT2D eigenvalue weighted by atomic mass is 32.2.